The van der Waals surface area contributed by atoms with Gasteiger partial charge in [-0.3, -0.25) is 4.79 Å². The summed E-state index contributed by atoms with van der Waals surface area (Å²) in [6, 6.07) is 9.47. The summed E-state index contributed by atoms with van der Waals surface area (Å²) in [6.45, 7) is 3.10. The van der Waals surface area contributed by atoms with E-state index >= 15 is 0 Å². The monoisotopic (exact) mass is 238 g/mol. The quantitative estimate of drug-likeness (QED) is 0.750. The molecule has 0 bridgehead atoms. The smallest absolute Gasteiger partial charge is 0.219 e. The lowest BCUT2D eigenvalue weighted by molar-refractivity contribution is -0.869. The number of quaternary nitrogens is 1. The maximum Gasteiger partial charge on any atom is 0.219 e. The van der Waals surface area contributed by atoms with Crippen molar-refractivity contribution in [2.45, 2.75) is 12.2 Å². The summed E-state index contributed by atoms with van der Waals surface area (Å²) in [5.74, 6) is 0. The molecular weight excluding hydrogens is 218 g/mol. The molecule has 0 fully saturated rings. The van der Waals surface area contributed by atoms with Gasteiger partial charge in [-0.25, -0.2) is 0 Å². The van der Waals surface area contributed by atoms with E-state index in [9.17, 15) is 4.79 Å². The average Bonchev–Trinajstić information content (AvgIpc) is 2.16. The number of thioether (sulfide) groups is 1. The van der Waals surface area contributed by atoms with Crippen LogP contribution in [-0.2, 0) is 0 Å². The molecule has 3 heteroatoms. The first-order valence-corrected chi connectivity index (χ1v) is 6.33. The lowest BCUT2D eigenvalue weighted by atomic mass is 10.2. The van der Waals surface area contributed by atoms with Gasteiger partial charge in [0.25, 0.3) is 0 Å². The molecule has 1 unspecified atom stereocenters. The molecule has 0 spiro atoms. The predicted molar refractivity (Wildman–Crippen MR) is 70.7 cm³/mol. The second-order valence-electron chi connectivity index (χ2n) is 5.05. The normalized spacial score (nSPS) is 13.5. The van der Waals surface area contributed by atoms with Crippen LogP contribution >= 0.6 is 11.8 Å². The van der Waals surface area contributed by atoms with Gasteiger partial charge in [0.05, 0.1) is 32.9 Å². The van der Waals surface area contributed by atoms with Gasteiger partial charge in [0.15, 0.2) is 0 Å². The molecule has 0 aliphatic heterocycles. The molecule has 0 aliphatic carbocycles. The molecule has 1 atom stereocenters. The second kappa shape index (κ2) is 5.51. The zero-order valence-electron chi connectivity index (χ0n) is 10.4. The van der Waals surface area contributed by atoms with Crippen LogP contribution in [0, 0.1) is 0 Å². The van der Waals surface area contributed by atoms with Crippen LogP contribution in [-0.4, -0.2) is 42.5 Å². The van der Waals surface area contributed by atoms with Crippen LogP contribution in [0.1, 0.15) is 17.3 Å². The maximum atomic E-state index is 11.9. The van der Waals surface area contributed by atoms with Gasteiger partial charge in [-0.2, -0.15) is 0 Å². The second-order valence-corrected chi connectivity index (χ2v) is 6.47. The van der Waals surface area contributed by atoms with Gasteiger partial charge in [0, 0.05) is 5.56 Å². The standard InChI is InChI=1S/C13H20NOS/c1-11(10-14(2,3)4)16-13(15)12-8-6-5-7-9-12/h5-9,11H,10H2,1-4H3/q+1. The van der Waals surface area contributed by atoms with Crippen molar-refractivity contribution in [1.29, 1.82) is 0 Å². The van der Waals surface area contributed by atoms with Crippen LogP contribution in [0.2, 0.25) is 0 Å². The van der Waals surface area contributed by atoms with E-state index in [1.54, 1.807) is 0 Å². The lowest BCUT2D eigenvalue weighted by Gasteiger charge is -2.26. The molecule has 88 valence electrons. The van der Waals surface area contributed by atoms with Crippen LogP contribution in [0.4, 0.5) is 0 Å². The fraction of sp³-hybridized carbons (Fsp3) is 0.462. The summed E-state index contributed by atoms with van der Waals surface area (Å²) in [4.78, 5) is 11.9. The maximum absolute atomic E-state index is 11.9. The van der Waals surface area contributed by atoms with Crippen molar-refractivity contribution in [3.8, 4) is 0 Å². The van der Waals surface area contributed by atoms with Gasteiger partial charge in [-0.15, -0.1) is 0 Å². The topological polar surface area (TPSA) is 17.1 Å². The zero-order chi connectivity index (χ0) is 12.2. The number of nitrogens with zero attached hydrogens (tertiary/aromatic N) is 1. The highest BCUT2D eigenvalue weighted by Crippen LogP contribution is 2.19. The Morgan fingerprint density at radius 1 is 1.25 bits per heavy atom. The first kappa shape index (κ1) is 13.3. The minimum Gasteiger partial charge on any atom is -0.330 e. The van der Waals surface area contributed by atoms with Crippen LogP contribution in [0.25, 0.3) is 0 Å². The Bertz CT molecular complexity index is 343. The van der Waals surface area contributed by atoms with Crippen molar-refractivity contribution < 1.29 is 9.28 Å². The molecule has 16 heavy (non-hydrogen) atoms. The van der Waals surface area contributed by atoms with Crippen LogP contribution in [0.15, 0.2) is 30.3 Å². The molecule has 0 N–H and O–H groups in total. The largest absolute Gasteiger partial charge is 0.330 e. The molecule has 0 saturated heterocycles. The number of hydrogen-bond acceptors (Lipinski definition) is 2. The minimum absolute atomic E-state index is 0.168. The summed E-state index contributed by atoms with van der Waals surface area (Å²) in [5.41, 5.74) is 0.792. The molecule has 0 heterocycles. The van der Waals surface area contributed by atoms with E-state index in [2.05, 4.69) is 28.1 Å². The molecule has 2 nitrogen and oxygen atoms in total. The highest BCUT2D eigenvalue weighted by Gasteiger charge is 2.18. The van der Waals surface area contributed by atoms with Gasteiger partial charge in [-0.1, -0.05) is 42.1 Å². The van der Waals surface area contributed by atoms with E-state index in [-0.39, 0.29) is 5.12 Å². The average molecular weight is 238 g/mol. The third-order valence-electron chi connectivity index (χ3n) is 2.12. The van der Waals surface area contributed by atoms with Crippen molar-refractivity contribution in [3.63, 3.8) is 0 Å². The van der Waals surface area contributed by atoms with Gasteiger partial charge in [-0.05, 0) is 6.92 Å². The number of hydrogen-bond donors (Lipinski definition) is 0. The summed E-state index contributed by atoms with van der Waals surface area (Å²) in [5, 5.41) is 0.509. The molecule has 1 aromatic carbocycles. The Labute approximate surface area is 102 Å². The Morgan fingerprint density at radius 3 is 2.31 bits per heavy atom. The third kappa shape index (κ3) is 4.81. The molecule has 1 aromatic rings. The van der Waals surface area contributed by atoms with Crippen LogP contribution in [0.3, 0.4) is 0 Å². The summed E-state index contributed by atoms with van der Waals surface area (Å²) in [7, 11) is 6.43. The van der Waals surface area contributed by atoms with Gasteiger partial charge >= 0.3 is 0 Å². The van der Waals surface area contributed by atoms with E-state index < -0.39 is 0 Å². The number of carbonyl (C=O) groups excluding carboxylic acids is 1. The first-order chi connectivity index (χ1) is 7.38. The number of benzene rings is 1. The minimum atomic E-state index is 0.168. The Balaban J connectivity index is 2.53. The lowest BCUT2D eigenvalue weighted by Crippen LogP contribution is -2.39. The summed E-state index contributed by atoms with van der Waals surface area (Å²) < 4.78 is 0.885. The van der Waals surface area contributed by atoms with E-state index in [4.69, 9.17) is 0 Å². The first-order valence-electron chi connectivity index (χ1n) is 5.45. The predicted octanol–water partition coefficient (Wildman–Crippen LogP) is 2.65. The SMILES string of the molecule is CC(C[N+](C)(C)C)SC(=O)c1ccccc1. The highest BCUT2D eigenvalue weighted by atomic mass is 32.2. The van der Waals surface area contributed by atoms with E-state index in [0.29, 0.717) is 5.25 Å². The Morgan fingerprint density at radius 2 is 1.81 bits per heavy atom. The Kier molecular flexibility index (Phi) is 4.56. The van der Waals surface area contributed by atoms with E-state index in [0.717, 1.165) is 16.6 Å². The van der Waals surface area contributed by atoms with Crippen molar-refractivity contribution in [1.82, 2.24) is 0 Å². The van der Waals surface area contributed by atoms with Gasteiger partial charge < -0.3 is 4.48 Å². The molecule has 0 saturated carbocycles. The molecule has 0 radical (unpaired) electrons. The molecule has 0 aromatic heterocycles. The summed E-state index contributed by atoms with van der Waals surface area (Å²) in [6.07, 6.45) is 0. The summed E-state index contributed by atoms with van der Waals surface area (Å²) >= 11 is 1.42. The van der Waals surface area contributed by atoms with E-state index in [1.807, 2.05) is 30.3 Å². The van der Waals surface area contributed by atoms with Crippen molar-refractivity contribution in [2.24, 2.45) is 0 Å². The number of carbonyl (C=O) groups is 1. The van der Waals surface area contributed by atoms with Gasteiger partial charge in [0.1, 0.15) is 0 Å². The molecule has 1 rings (SSSR count). The third-order valence-corrected chi connectivity index (χ3v) is 3.12. The van der Waals surface area contributed by atoms with Crippen molar-refractivity contribution in [2.75, 3.05) is 27.7 Å². The van der Waals surface area contributed by atoms with Crippen LogP contribution < -0.4 is 0 Å². The molecule has 0 aliphatic rings. The molecule has 0 amide bonds. The highest BCUT2D eigenvalue weighted by molar-refractivity contribution is 8.14. The van der Waals surface area contributed by atoms with Crippen LogP contribution in [0.5, 0.6) is 0 Å². The molecular formula is C13H20NOS+. The fourth-order valence-electron chi connectivity index (χ4n) is 1.63. The Hall–Kier alpha value is -0.800. The van der Waals surface area contributed by atoms with Crippen molar-refractivity contribution >= 4 is 16.9 Å². The van der Waals surface area contributed by atoms with Gasteiger partial charge in [0.2, 0.25) is 5.12 Å². The fourth-order valence-corrected chi connectivity index (χ4v) is 2.79. The number of rotatable bonds is 4. The van der Waals surface area contributed by atoms with E-state index in [1.165, 1.54) is 11.8 Å². The van der Waals surface area contributed by atoms with Crippen molar-refractivity contribution in [3.05, 3.63) is 35.9 Å². The zero-order valence-corrected chi connectivity index (χ0v) is 11.3.